The van der Waals surface area contributed by atoms with E-state index < -0.39 is 0 Å². The van der Waals surface area contributed by atoms with Gasteiger partial charge in [0.2, 0.25) is 0 Å². The molecule has 0 radical (unpaired) electrons. The molecule has 1 N–H and O–H groups in total. The van der Waals surface area contributed by atoms with Gasteiger partial charge in [0.15, 0.2) is 5.17 Å². The monoisotopic (exact) mass is 295 g/mol. The van der Waals surface area contributed by atoms with E-state index in [9.17, 15) is 0 Å². The Morgan fingerprint density at radius 2 is 2.47 bits per heavy atom. The van der Waals surface area contributed by atoms with Crippen LogP contribution in [-0.4, -0.2) is 21.4 Å². The van der Waals surface area contributed by atoms with E-state index in [1.54, 1.807) is 11.3 Å². The molecule has 1 aliphatic carbocycles. The second-order valence-corrected chi connectivity index (χ2v) is 7.81. The van der Waals surface area contributed by atoms with Gasteiger partial charge in [0, 0.05) is 22.4 Å². The number of rotatable bonds is 2. The zero-order valence-electron chi connectivity index (χ0n) is 11.6. The number of amidine groups is 1. The summed E-state index contributed by atoms with van der Waals surface area (Å²) in [6.07, 6.45) is 5.35. The van der Waals surface area contributed by atoms with Gasteiger partial charge in [-0.3, -0.25) is 4.99 Å². The fourth-order valence-corrected chi connectivity index (χ4v) is 5.00. The minimum Gasteiger partial charge on any atom is -0.359 e. The highest BCUT2D eigenvalue weighted by Crippen LogP contribution is 2.38. The Balaban J connectivity index is 1.62. The number of hydrogen-bond acceptors (Lipinski definition) is 4. The quantitative estimate of drug-likeness (QED) is 0.906. The Kier molecular flexibility index (Phi) is 3.85. The average Bonchev–Trinajstić information content (AvgIpc) is 2.94. The number of hydrogen-bond donors (Lipinski definition) is 1. The summed E-state index contributed by atoms with van der Waals surface area (Å²) < 4.78 is 0. The van der Waals surface area contributed by atoms with Gasteiger partial charge in [-0.25, -0.2) is 4.98 Å². The normalized spacial score (nSPS) is 32.9. The third kappa shape index (κ3) is 3.14. The van der Waals surface area contributed by atoms with Gasteiger partial charge in [-0.2, -0.15) is 0 Å². The van der Waals surface area contributed by atoms with Crippen LogP contribution in [0.25, 0.3) is 0 Å². The number of aryl methyl sites for hydroxylation is 1. The van der Waals surface area contributed by atoms with E-state index in [2.05, 4.69) is 22.6 Å². The lowest BCUT2D eigenvalue weighted by molar-refractivity contribution is 0.242. The largest absolute Gasteiger partial charge is 0.359 e. The van der Waals surface area contributed by atoms with Gasteiger partial charge in [-0.1, -0.05) is 31.5 Å². The maximum Gasteiger partial charge on any atom is 0.157 e. The summed E-state index contributed by atoms with van der Waals surface area (Å²) in [6.45, 7) is 5.13. The lowest BCUT2D eigenvalue weighted by atomic mass is 9.78. The number of nitrogens with one attached hydrogen (secondary N) is 1. The molecule has 0 bridgehead atoms. The van der Waals surface area contributed by atoms with Gasteiger partial charge < -0.3 is 5.32 Å². The molecule has 1 aromatic heterocycles. The number of aromatic nitrogens is 1. The fourth-order valence-electron chi connectivity index (χ4n) is 3.11. The molecule has 104 valence electrons. The summed E-state index contributed by atoms with van der Waals surface area (Å²) in [5, 5.41) is 8.04. The Morgan fingerprint density at radius 3 is 3.21 bits per heavy atom. The van der Waals surface area contributed by atoms with Crippen molar-refractivity contribution in [3.05, 3.63) is 16.1 Å². The van der Waals surface area contributed by atoms with E-state index in [0.717, 1.165) is 28.3 Å². The minimum atomic E-state index is 0.333. The Morgan fingerprint density at radius 1 is 1.58 bits per heavy atom. The summed E-state index contributed by atoms with van der Waals surface area (Å²) in [7, 11) is 0. The number of aliphatic imine (C=N–C) groups is 1. The van der Waals surface area contributed by atoms with Crippen molar-refractivity contribution in [3.8, 4) is 0 Å². The third-order valence-electron chi connectivity index (χ3n) is 3.97. The molecule has 2 heterocycles. The number of thioether (sulfide) groups is 1. The first-order valence-corrected chi connectivity index (χ1v) is 8.88. The predicted molar refractivity (Wildman–Crippen MR) is 83.9 cm³/mol. The maximum atomic E-state index is 4.70. The van der Waals surface area contributed by atoms with Crippen LogP contribution in [0.5, 0.6) is 0 Å². The fraction of sp³-hybridized carbons (Fsp3) is 0.714. The van der Waals surface area contributed by atoms with E-state index >= 15 is 0 Å². The second-order valence-electron chi connectivity index (χ2n) is 5.90. The molecule has 2 unspecified atom stereocenters. The zero-order chi connectivity index (χ0) is 13.3. The van der Waals surface area contributed by atoms with Crippen LogP contribution in [0.4, 0.5) is 0 Å². The SMILES string of the molecule is Cc1csc(CN=C2NC3(CCCC(C)C3)CS2)n1. The van der Waals surface area contributed by atoms with Gasteiger partial charge in [0.25, 0.3) is 0 Å². The summed E-state index contributed by atoms with van der Waals surface area (Å²) in [4.78, 5) is 9.16. The molecule has 0 amide bonds. The van der Waals surface area contributed by atoms with Crippen molar-refractivity contribution in [2.45, 2.75) is 51.6 Å². The van der Waals surface area contributed by atoms with Crippen LogP contribution in [0.2, 0.25) is 0 Å². The predicted octanol–water partition coefficient (Wildman–Crippen LogP) is 3.59. The highest BCUT2D eigenvalue weighted by molar-refractivity contribution is 8.14. The van der Waals surface area contributed by atoms with Crippen molar-refractivity contribution in [1.29, 1.82) is 0 Å². The number of nitrogens with zero attached hydrogens (tertiary/aromatic N) is 2. The summed E-state index contributed by atoms with van der Waals surface area (Å²) in [6, 6.07) is 0. The maximum absolute atomic E-state index is 4.70. The molecule has 3 rings (SSSR count). The molecule has 2 atom stereocenters. The molecule has 1 aromatic rings. The van der Waals surface area contributed by atoms with Gasteiger partial charge in [-0.05, 0) is 25.7 Å². The molecular weight excluding hydrogens is 274 g/mol. The average molecular weight is 295 g/mol. The molecule has 1 saturated carbocycles. The smallest absolute Gasteiger partial charge is 0.157 e. The molecule has 1 aliphatic heterocycles. The highest BCUT2D eigenvalue weighted by atomic mass is 32.2. The molecule has 3 nitrogen and oxygen atoms in total. The molecule has 0 aromatic carbocycles. The van der Waals surface area contributed by atoms with Crippen LogP contribution in [0.1, 0.15) is 43.3 Å². The minimum absolute atomic E-state index is 0.333. The standard InChI is InChI=1S/C14H21N3S2/c1-10-4-3-5-14(6-10)9-19-13(17-14)15-7-12-16-11(2)8-18-12/h8,10H,3-7,9H2,1-2H3,(H,15,17). The summed E-state index contributed by atoms with van der Waals surface area (Å²) in [5.74, 6) is 2.04. The molecule has 19 heavy (non-hydrogen) atoms. The highest BCUT2D eigenvalue weighted by Gasteiger charge is 2.40. The van der Waals surface area contributed by atoms with E-state index in [-0.39, 0.29) is 0 Å². The van der Waals surface area contributed by atoms with Gasteiger partial charge in [0.1, 0.15) is 5.01 Å². The second kappa shape index (κ2) is 5.44. The Hall–Kier alpha value is -0.550. The zero-order valence-corrected chi connectivity index (χ0v) is 13.2. The van der Waals surface area contributed by atoms with Crippen molar-refractivity contribution in [2.75, 3.05) is 5.75 Å². The van der Waals surface area contributed by atoms with Crippen LogP contribution in [0.3, 0.4) is 0 Å². The Bertz CT molecular complexity index is 483. The molecule has 1 spiro atoms. The van der Waals surface area contributed by atoms with Gasteiger partial charge in [-0.15, -0.1) is 11.3 Å². The lowest BCUT2D eigenvalue weighted by Gasteiger charge is -2.36. The van der Waals surface area contributed by atoms with Crippen molar-refractivity contribution >= 4 is 28.3 Å². The van der Waals surface area contributed by atoms with Gasteiger partial charge >= 0.3 is 0 Å². The van der Waals surface area contributed by atoms with E-state index in [0.29, 0.717) is 5.54 Å². The first-order valence-electron chi connectivity index (χ1n) is 7.02. The first-order chi connectivity index (χ1) is 9.15. The van der Waals surface area contributed by atoms with Crippen molar-refractivity contribution in [2.24, 2.45) is 10.9 Å². The van der Waals surface area contributed by atoms with Crippen molar-refractivity contribution < 1.29 is 0 Å². The van der Waals surface area contributed by atoms with Crippen LogP contribution in [0, 0.1) is 12.8 Å². The molecule has 2 aliphatic rings. The first kappa shape index (κ1) is 13.4. The van der Waals surface area contributed by atoms with Crippen molar-refractivity contribution in [1.82, 2.24) is 10.3 Å². The van der Waals surface area contributed by atoms with E-state index in [1.807, 2.05) is 18.7 Å². The van der Waals surface area contributed by atoms with Crippen molar-refractivity contribution in [3.63, 3.8) is 0 Å². The Labute approximate surface area is 123 Å². The van der Waals surface area contributed by atoms with E-state index in [4.69, 9.17) is 4.99 Å². The van der Waals surface area contributed by atoms with Crippen LogP contribution >= 0.6 is 23.1 Å². The number of thiazole rings is 1. The third-order valence-corrected chi connectivity index (χ3v) is 6.13. The van der Waals surface area contributed by atoms with Gasteiger partial charge in [0.05, 0.1) is 6.54 Å². The topological polar surface area (TPSA) is 37.3 Å². The van der Waals surface area contributed by atoms with Crippen LogP contribution in [0.15, 0.2) is 10.4 Å². The summed E-state index contributed by atoms with van der Waals surface area (Å²) >= 11 is 3.60. The van der Waals surface area contributed by atoms with Crippen LogP contribution < -0.4 is 5.32 Å². The molecular formula is C14H21N3S2. The van der Waals surface area contributed by atoms with E-state index in [1.165, 1.54) is 31.4 Å². The molecule has 2 fully saturated rings. The summed E-state index contributed by atoms with van der Waals surface area (Å²) in [5.41, 5.74) is 1.43. The lowest BCUT2D eigenvalue weighted by Crippen LogP contribution is -2.47. The molecule has 5 heteroatoms. The van der Waals surface area contributed by atoms with Crippen LogP contribution in [-0.2, 0) is 6.54 Å². The molecule has 1 saturated heterocycles.